The maximum absolute atomic E-state index is 9.48. The average Bonchev–Trinajstić information content (AvgIpc) is 2.57. The number of hydrogen-bond acceptors (Lipinski definition) is 4. The molecule has 3 aromatic rings. The van der Waals surface area contributed by atoms with Gasteiger partial charge in [-0.3, -0.25) is 0 Å². The van der Waals surface area contributed by atoms with Crippen molar-refractivity contribution in [1.29, 1.82) is 0 Å². The Morgan fingerprint density at radius 1 is 0.696 bits per heavy atom. The van der Waals surface area contributed by atoms with Crippen LogP contribution in [0.1, 0.15) is 0 Å². The minimum absolute atomic E-state index is 0.242. The summed E-state index contributed by atoms with van der Waals surface area (Å²) in [6.07, 6.45) is 0. The van der Waals surface area contributed by atoms with Gasteiger partial charge in [-0.25, -0.2) is 0 Å². The van der Waals surface area contributed by atoms with Gasteiger partial charge in [-0.05, 0) is 48.5 Å². The Hall–Kier alpha value is -3.14. The molecule has 0 atom stereocenters. The molecule has 0 aliphatic heterocycles. The van der Waals surface area contributed by atoms with Gasteiger partial charge in [0, 0.05) is 34.9 Å². The molecule has 3 N–H and O–H groups in total. The number of phenolic OH excluding ortho intramolecular Hbond substituents is 1. The van der Waals surface area contributed by atoms with Gasteiger partial charge < -0.3 is 20.5 Å². The number of anilines is 4. The standard InChI is InChI=1S/C19H18N2O2/c1-23-19-7-3-5-17(13-19)21-15-10-8-14(9-11-15)20-16-4-2-6-18(22)12-16/h2-13,20-22H,1H3. The van der Waals surface area contributed by atoms with Gasteiger partial charge in [0.15, 0.2) is 0 Å². The third kappa shape index (κ3) is 3.95. The van der Waals surface area contributed by atoms with E-state index < -0.39 is 0 Å². The van der Waals surface area contributed by atoms with E-state index in [2.05, 4.69) is 10.6 Å². The van der Waals surface area contributed by atoms with Crippen LogP contribution in [-0.4, -0.2) is 12.2 Å². The van der Waals surface area contributed by atoms with Crippen molar-refractivity contribution in [2.24, 2.45) is 0 Å². The van der Waals surface area contributed by atoms with Gasteiger partial charge in [0.25, 0.3) is 0 Å². The highest BCUT2D eigenvalue weighted by atomic mass is 16.5. The summed E-state index contributed by atoms with van der Waals surface area (Å²) in [5.41, 5.74) is 3.75. The number of methoxy groups -OCH3 is 1. The maximum atomic E-state index is 9.48. The van der Waals surface area contributed by atoms with E-state index >= 15 is 0 Å². The molecule has 4 heteroatoms. The first-order valence-corrected chi connectivity index (χ1v) is 7.30. The Morgan fingerprint density at radius 3 is 1.83 bits per heavy atom. The van der Waals surface area contributed by atoms with Crippen LogP contribution in [0.4, 0.5) is 22.7 Å². The molecule has 0 radical (unpaired) electrons. The lowest BCUT2D eigenvalue weighted by Crippen LogP contribution is -1.93. The normalized spacial score (nSPS) is 10.1. The van der Waals surface area contributed by atoms with Crippen molar-refractivity contribution in [2.75, 3.05) is 17.7 Å². The fraction of sp³-hybridized carbons (Fsp3) is 0.0526. The summed E-state index contributed by atoms with van der Waals surface area (Å²) in [5, 5.41) is 16.1. The van der Waals surface area contributed by atoms with E-state index in [1.807, 2.05) is 54.6 Å². The molecule has 4 nitrogen and oxygen atoms in total. The van der Waals surface area contributed by atoms with Crippen molar-refractivity contribution in [3.8, 4) is 11.5 Å². The Balaban J connectivity index is 1.69. The van der Waals surface area contributed by atoms with E-state index in [1.165, 1.54) is 0 Å². The molecule has 0 bridgehead atoms. The monoisotopic (exact) mass is 306 g/mol. The summed E-state index contributed by atoms with van der Waals surface area (Å²) in [4.78, 5) is 0. The van der Waals surface area contributed by atoms with Gasteiger partial charge in [-0.1, -0.05) is 12.1 Å². The zero-order valence-electron chi connectivity index (χ0n) is 12.8. The molecule has 0 saturated carbocycles. The van der Waals surface area contributed by atoms with Gasteiger partial charge in [0.1, 0.15) is 11.5 Å². The van der Waals surface area contributed by atoms with Crippen molar-refractivity contribution in [3.63, 3.8) is 0 Å². The van der Waals surface area contributed by atoms with Gasteiger partial charge in [-0.2, -0.15) is 0 Å². The Morgan fingerprint density at radius 2 is 1.26 bits per heavy atom. The smallest absolute Gasteiger partial charge is 0.120 e. The maximum Gasteiger partial charge on any atom is 0.120 e. The van der Waals surface area contributed by atoms with Crippen LogP contribution in [0.15, 0.2) is 72.8 Å². The number of phenols is 1. The number of nitrogens with one attached hydrogen (secondary N) is 2. The number of ether oxygens (including phenoxy) is 1. The number of hydrogen-bond donors (Lipinski definition) is 3. The number of benzene rings is 3. The van der Waals surface area contributed by atoms with Crippen LogP contribution in [-0.2, 0) is 0 Å². The van der Waals surface area contributed by atoms with Crippen molar-refractivity contribution in [1.82, 2.24) is 0 Å². The largest absolute Gasteiger partial charge is 0.508 e. The molecule has 0 amide bonds. The predicted molar refractivity (Wildman–Crippen MR) is 94.1 cm³/mol. The highest BCUT2D eigenvalue weighted by molar-refractivity contribution is 5.66. The third-order valence-electron chi connectivity index (χ3n) is 3.38. The molecular weight excluding hydrogens is 288 g/mol. The van der Waals surface area contributed by atoms with Crippen LogP contribution >= 0.6 is 0 Å². The molecular formula is C19H18N2O2. The second-order valence-electron chi connectivity index (χ2n) is 5.11. The number of rotatable bonds is 5. The zero-order valence-corrected chi connectivity index (χ0v) is 12.8. The summed E-state index contributed by atoms with van der Waals surface area (Å²) in [7, 11) is 1.65. The molecule has 0 aliphatic carbocycles. The minimum atomic E-state index is 0.242. The van der Waals surface area contributed by atoms with Crippen LogP contribution in [0.25, 0.3) is 0 Å². The summed E-state index contributed by atoms with van der Waals surface area (Å²) in [6, 6.07) is 22.8. The van der Waals surface area contributed by atoms with E-state index in [1.54, 1.807) is 25.3 Å². The van der Waals surface area contributed by atoms with E-state index in [9.17, 15) is 5.11 Å². The summed E-state index contributed by atoms with van der Waals surface area (Å²) >= 11 is 0. The predicted octanol–water partition coefficient (Wildman–Crippen LogP) is 4.89. The zero-order chi connectivity index (χ0) is 16.1. The quantitative estimate of drug-likeness (QED) is 0.628. The van der Waals surface area contributed by atoms with E-state index in [0.29, 0.717) is 0 Å². The Kier molecular flexibility index (Phi) is 4.34. The van der Waals surface area contributed by atoms with Crippen LogP contribution in [0.5, 0.6) is 11.5 Å². The Labute approximate surface area is 135 Å². The van der Waals surface area contributed by atoms with Gasteiger partial charge in [0.05, 0.1) is 7.11 Å². The topological polar surface area (TPSA) is 53.5 Å². The second-order valence-corrected chi connectivity index (χ2v) is 5.11. The first kappa shape index (κ1) is 14.8. The molecule has 0 saturated heterocycles. The van der Waals surface area contributed by atoms with Crippen LogP contribution in [0.3, 0.4) is 0 Å². The lowest BCUT2D eigenvalue weighted by atomic mass is 10.2. The fourth-order valence-electron chi connectivity index (χ4n) is 2.25. The molecule has 116 valence electrons. The van der Waals surface area contributed by atoms with E-state index in [-0.39, 0.29) is 5.75 Å². The number of aromatic hydroxyl groups is 1. The first-order chi connectivity index (χ1) is 11.2. The van der Waals surface area contributed by atoms with Crippen LogP contribution < -0.4 is 15.4 Å². The van der Waals surface area contributed by atoms with Gasteiger partial charge in [0.2, 0.25) is 0 Å². The van der Waals surface area contributed by atoms with Crippen LogP contribution in [0, 0.1) is 0 Å². The summed E-state index contributed by atoms with van der Waals surface area (Å²) in [5.74, 6) is 1.06. The minimum Gasteiger partial charge on any atom is -0.508 e. The van der Waals surface area contributed by atoms with Crippen molar-refractivity contribution < 1.29 is 9.84 Å². The lowest BCUT2D eigenvalue weighted by Gasteiger charge is -2.10. The summed E-state index contributed by atoms with van der Waals surface area (Å²) < 4.78 is 5.22. The Bertz CT molecular complexity index is 785. The highest BCUT2D eigenvalue weighted by Gasteiger charge is 1.99. The molecule has 0 heterocycles. The molecule has 0 spiro atoms. The molecule has 0 fully saturated rings. The summed E-state index contributed by atoms with van der Waals surface area (Å²) in [6.45, 7) is 0. The third-order valence-corrected chi connectivity index (χ3v) is 3.38. The van der Waals surface area contributed by atoms with Crippen molar-refractivity contribution in [2.45, 2.75) is 0 Å². The molecule has 3 aromatic carbocycles. The lowest BCUT2D eigenvalue weighted by molar-refractivity contribution is 0.415. The van der Waals surface area contributed by atoms with E-state index in [4.69, 9.17) is 4.74 Å². The van der Waals surface area contributed by atoms with Crippen molar-refractivity contribution in [3.05, 3.63) is 72.8 Å². The SMILES string of the molecule is COc1cccc(Nc2ccc(Nc3cccc(O)c3)cc2)c1. The highest BCUT2D eigenvalue weighted by Crippen LogP contribution is 2.24. The molecule has 0 aromatic heterocycles. The van der Waals surface area contributed by atoms with Gasteiger partial charge >= 0.3 is 0 Å². The molecule has 0 aliphatic rings. The average molecular weight is 306 g/mol. The fourth-order valence-corrected chi connectivity index (χ4v) is 2.25. The van der Waals surface area contributed by atoms with Crippen LogP contribution in [0.2, 0.25) is 0 Å². The molecule has 3 rings (SSSR count). The second kappa shape index (κ2) is 6.75. The molecule has 23 heavy (non-hydrogen) atoms. The van der Waals surface area contributed by atoms with Gasteiger partial charge in [-0.15, -0.1) is 0 Å². The van der Waals surface area contributed by atoms with E-state index in [0.717, 1.165) is 28.5 Å². The molecule has 0 unspecified atom stereocenters. The van der Waals surface area contributed by atoms with Crippen molar-refractivity contribution >= 4 is 22.7 Å². The first-order valence-electron chi connectivity index (χ1n) is 7.30.